The Morgan fingerprint density at radius 1 is 1.40 bits per heavy atom. The number of methoxy groups -OCH3 is 1. The van der Waals surface area contributed by atoms with Crippen molar-refractivity contribution in [2.24, 2.45) is 0 Å². The highest BCUT2D eigenvalue weighted by Gasteiger charge is 2.29. The van der Waals surface area contributed by atoms with Gasteiger partial charge in [0.1, 0.15) is 0 Å². The molecule has 0 bridgehead atoms. The van der Waals surface area contributed by atoms with Crippen molar-refractivity contribution in [3.63, 3.8) is 0 Å². The molecule has 7 nitrogen and oxygen atoms in total. The third-order valence-corrected chi connectivity index (χ3v) is 3.79. The van der Waals surface area contributed by atoms with Crippen LogP contribution in [0.15, 0.2) is 0 Å². The molecule has 1 saturated carbocycles. The molecule has 1 aromatic heterocycles. The minimum atomic E-state index is -1.09. The number of nitrogens with zero attached hydrogens (tertiary/aromatic N) is 3. The van der Waals surface area contributed by atoms with E-state index < -0.39 is 12.1 Å². The molecule has 0 aliphatic heterocycles. The first-order chi connectivity index (χ1) is 9.65. The third kappa shape index (κ3) is 3.16. The summed E-state index contributed by atoms with van der Waals surface area (Å²) in [6.45, 7) is 0.399. The average molecular weight is 283 g/mol. The van der Waals surface area contributed by atoms with Gasteiger partial charge in [-0.1, -0.05) is 24.5 Å². The molecule has 0 spiro atoms. The molecule has 1 aromatic rings. The van der Waals surface area contributed by atoms with Gasteiger partial charge in [0.2, 0.25) is 0 Å². The summed E-state index contributed by atoms with van der Waals surface area (Å²) in [5, 5.41) is 27.1. The first-order valence-corrected chi connectivity index (χ1v) is 6.99. The summed E-state index contributed by atoms with van der Waals surface area (Å²) in [6, 6.07) is -0.190. The lowest BCUT2D eigenvalue weighted by Crippen LogP contribution is -2.26. The number of hydrogen-bond acceptors (Lipinski definition) is 5. The van der Waals surface area contributed by atoms with Crippen molar-refractivity contribution in [1.29, 1.82) is 0 Å². The van der Waals surface area contributed by atoms with Gasteiger partial charge >= 0.3 is 5.97 Å². The van der Waals surface area contributed by atoms with Gasteiger partial charge in [0.15, 0.2) is 5.69 Å². The van der Waals surface area contributed by atoms with Crippen molar-refractivity contribution in [3.05, 3.63) is 11.4 Å². The Morgan fingerprint density at radius 2 is 2.15 bits per heavy atom. The van der Waals surface area contributed by atoms with Crippen LogP contribution < -0.4 is 0 Å². The van der Waals surface area contributed by atoms with Crippen molar-refractivity contribution in [3.8, 4) is 0 Å². The molecule has 0 amide bonds. The van der Waals surface area contributed by atoms with Gasteiger partial charge < -0.3 is 14.9 Å². The molecule has 0 saturated heterocycles. The molecule has 7 heteroatoms. The third-order valence-electron chi connectivity index (χ3n) is 3.79. The Labute approximate surface area is 117 Å². The minimum Gasteiger partial charge on any atom is -0.476 e. The van der Waals surface area contributed by atoms with Gasteiger partial charge in [0.25, 0.3) is 0 Å². The average Bonchev–Trinajstić information content (AvgIpc) is 2.72. The van der Waals surface area contributed by atoms with Gasteiger partial charge in [-0.05, 0) is 12.8 Å². The quantitative estimate of drug-likeness (QED) is 0.783. The predicted molar refractivity (Wildman–Crippen MR) is 70.7 cm³/mol. The van der Waals surface area contributed by atoms with Crippen LogP contribution in [-0.4, -0.2) is 51.0 Å². The number of aromatic nitrogens is 3. The Kier molecular flexibility index (Phi) is 5.08. The summed E-state index contributed by atoms with van der Waals surface area (Å²) in [4.78, 5) is 11.2. The Hall–Kier alpha value is -1.47. The lowest BCUT2D eigenvalue weighted by molar-refractivity contribution is 0.0687. The number of ether oxygens (including phenoxy) is 1. The Morgan fingerprint density at radius 3 is 2.85 bits per heavy atom. The van der Waals surface area contributed by atoms with Crippen molar-refractivity contribution in [1.82, 2.24) is 15.0 Å². The molecule has 20 heavy (non-hydrogen) atoms. The highest BCUT2D eigenvalue weighted by atomic mass is 16.5. The van der Waals surface area contributed by atoms with E-state index in [0.29, 0.717) is 18.7 Å². The summed E-state index contributed by atoms with van der Waals surface area (Å²) in [5.41, 5.74) is 0.490. The number of aromatic carboxylic acids is 1. The summed E-state index contributed by atoms with van der Waals surface area (Å²) >= 11 is 0. The predicted octanol–water partition coefficient (Wildman–Crippen LogP) is 1.03. The second-order valence-corrected chi connectivity index (χ2v) is 5.15. The van der Waals surface area contributed by atoms with Gasteiger partial charge in [-0.2, -0.15) is 0 Å². The number of aliphatic hydroxyl groups excluding tert-OH is 1. The molecule has 2 unspecified atom stereocenters. The zero-order valence-corrected chi connectivity index (χ0v) is 11.7. The molecule has 0 aromatic carbocycles. The maximum Gasteiger partial charge on any atom is 0.358 e. The molecular weight excluding hydrogens is 262 g/mol. The molecule has 1 aliphatic carbocycles. The topological polar surface area (TPSA) is 97.5 Å². The standard InChI is InChI=1S/C13H21N3O4/c1-20-8-7-10-12(13(18)19)14-15-16(10)9-5-3-2-4-6-11(9)17/h9,11,17H,2-8H2,1H3,(H,18,19). The van der Waals surface area contributed by atoms with Crippen molar-refractivity contribution < 1.29 is 19.7 Å². The van der Waals surface area contributed by atoms with Crippen LogP contribution in [0.3, 0.4) is 0 Å². The molecule has 2 N–H and O–H groups in total. The van der Waals surface area contributed by atoms with Gasteiger partial charge in [0, 0.05) is 13.5 Å². The number of rotatable bonds is 5. The summed E-state index contributed by atoms with van der Waals surface area (Å²) in [5.74, 6) is -1.09. The number of carboxylic acids is 1. The zero-order chi connectivity index (χ0) is 14.5. The number of hydrogen-bond donors (Lipinski definition) is 2. The second kappa shape index (κ2) is 6.81. The van der Waals surface area contributed by atoms with Gasteiger partial charge in [-0.3, -0.25) is 0 Å². The van der Waals surface area contributed by atoms with E-state index in [4.69, 9.17) is 4.74 Å². The summed E-state index contributed by atoms with van der Waals surface area (Å²) < 4.78 is 6.62. The van der Waals surface area contributed by atoms with Crippen LogP contribution in [0.5, 0.6) is 0 Å². The van der Waals surface area contributed by atoms with Crippen molar-refractivity contribution >= 4 is 5.97 Å². The van der Waals surface area contributed by atoms with E-state index in [-0.39, 0.29) is 11.7 Å². The van der Waals surface area contributed by atoms with Gasteiger partial charge in [0.05, 0.1) is 24.4 Å². The number of carboxylic acid groups (broad SMARTS) is 1. The maximum absolute atomic E-state index is 11.2. The maximum atomic E-state index is 11.2. The summed E-state index contributed by atoms with van der Waals surface area (Å²) in [7, 11) is 1.56. The van der Waals surface area contributed by atoms with E-state index in [0.717, 1.165) is 32.1 Å². The van der Waals surface area contributed by atoms with Crippen LogP contribution in [0.4, 0.5) is 0 Å². The first kappa shape index (κ1) is 14.9. The lowest BCUT2D eigenvalue weighted by atomic mass is 10.1. The lowest BCUT2D eigenvalue weighted by Gasteiger charge is -2.22. The second-order valence-electron chi connectivity index (χ2n) is 5.15. The van der Waals surface area contributed by atoms with Crippen LogP contribution in [0.2, 0.25) is 0 Å². The highest BCUT2D eigenvalue weighted by molar-refractivity contribution is 5.86. The first-order valence-electron chi connectivity index (χ1n) is 6.99. The van der Waals surface area contributed by atoms with E-state index in [9.17, 15) is 15.0 Å². The van der Waals surface area contributed by atoms with E-state index in [2.05, 4.69) is 10.3 Å². The Bertz CT molecular complexity index is 460. The smallest absolute Gasteiger partial charge is 0.358 e. The largest absolute Gasteiger partial charge is 0.476 e. The van der Waals surface area contributed by atoms with E-state index in [1.54, 1.807) is 11.8 Å². The van der Waals surface area contributed by atoms with E-state index in [1.807, 2.05) is 0 Å². The highest BCUT2D eigenvalue weighted by Crippen LogP contribution is 2.28. The van der Waals surface area contributed by atoms with Gasteiger partial charge in [-0.25, -0.2) is 9.48 Å². The van der Waals surface area contributed by atoms with E-state index in [1.165, 1.54) is 0 Å². The SMILES string of the molecule is COCCc1c(C(=O)O)nnn1C1CCCCCC1O. The normalized spacial score (nSPS) is 23.5. The fraction of sp³-hybridized carbons (Fsp3) is 0.769. The molecule has 0 radical (unpaired) electrons. The van der Waals surface area contributed by atoms with E-state index >= 15 is 0 Å². The molecule has 2 rings (SSSR count). The number of aliphatic hydroxyl groups is 1. The van der Waals surface area contributed by atoms with Crippen LogP contribution in [0.1, 0.15) is 54.3 Å². The monoisotopic (exact) mass is 283 g/mol. The fourth-order valence-corrected chi connectivity index (χ4v) is 2.73. The molecule has 1 heterocycles. The van der Waals surface area contributed by atoms with Crippen LogP contribution >= 0.6 is 0 Å². The van der Waals surface area contributed by atoms with Crippen LogP contribution in [0.25, 0.3) is 0 Å². The molecule has 2 atom stereocenters. The Balaban J connectivity index is 2.31. The van der Waals surface area contributed by atoms with Crippen molar-refractivity contribution in [2.45, 2.75) is 50.7 Å². The van der Waals surface area contributed by atoms with Crippen molar-refractivity contribution in [2.75, 3.05) is 13.7 Å². The molecular formula is C13H21N3O4. The number of carbonyl (C=O) groups is 1. The molecule has 1 aliphatic rings. The fourth-order valence-electron chi connectivity index (χ4n) is 2.73. The molecule has 1 fully saturated rings. The molecule has 112 valence electrons. The minimum absolute atomic E-state index is 0.0431. The van der Waals surface area contributed by atoms with Crippen LogP contribution in [-0.2, 0) is 11.2 Å². The van der Waals surface area contributed by atoms with Crippen LogP contribution in [0, 0.1) is 0 Å². The van der Waals surface area contributed by atoms with Gasteiger partial charge in [-0.15, -0.1) is 5.10 Å². The zero-order valence-electron chi connectivity index (χ0n) is 11.7. The summed E-state index contributed by atoms with van der Waals surface area (Å²) in [6.07, 6.45) is 4.53.